The van der Waals surface area contributed by atoms with E-state index >= 15 is 0 Å². The van der Waals surface area contributed by atoms with E-state index in [1.165, 1.54) is 5.56 Å². The average Bonchev–Trinajstić information content (AvgIpc) is 2.37. The van der Waals surface area contributed by atoms with Gasteiger partial charge in [-0.15, -0.1) is 6.42 Å². The van der Waals surface area contributed by atoms with Gasteiger partial charge in [0, 0.05) is 5.56 Å². The highest BCUT2D eigenvalue weighted by molar-refractivity contribution is 5.94. The van der Waals surface area contributed by atoms with Gasteiger partial charge in [-0.05, 0) is 29.5 Å². The van der Waals surface area contributed by atoms with E-state index in [2.05, 4.69) is 38.9 Å². The van der Waals surface area contributed by atoms with Crippen LogP contribution in [-0.2, 0) is 5.41 Å². The minimum Gasteiger partial charge on any atom is -0.338 e. The smallest absolute Gasteiger partial charge is 0.252 e. The van der Waals surface area contributed by atoms with Crippen LogP contribution in [-0.4, -0.2) is 11.9 Å². The fourth-order valence-electron chi connectivity index (χ4n) is 1.85. The van der Waals surface area contributed by atoms with Crippen LogP contribution in [0.25, 0.3) is 0 Å². The third-order valence-corrected chi connectivity index (χ3v) is 3.10. The molecule has 0 aromatic heterocycles. The van der Waals surface area contributed by atoms with Gasteiger partial charge in [0.1, 0.15) is 0 Å². The second-order valence-electron chi connectivity index (χ2n) is 5.81. The Morgan fingerprint density at radius 1 is 1.32 bits per heavy atom. The summed E-state index contributed by atoms with van der Waals surface area (Å²) in [5.74, 6) is 2.51. The molecular weight excluding hydrogens is 234 g/mol. The van der Waals surface area contributed by atoms with Gasteiger partial charge in [-0.1, -0.05) is 52.2 Å². The van der Waals surface area contributed by atoms with E-state index in [0.29, 0.717) is 5.56 Å². The molecule has 1 atom stereocenters. The second-order valence-corrected chi connectivity index (χ2v) is 5.81. The molecule has 19 heavy (non-hydrogen) atoms. The van der Waals surface area contributed by atoms with Crippen molar-refractivity contribution in [3.05, 3.63) is 35.4 Å². The maximum Gasteiger partial charge on any atom is 0.252 e. The number of carbonyl (C=O) groups is 1. The maximum atomic E-state index is 12.0. The zero-order valence-corrected chi connectivity index (χ0v) is 12.3. The van der Waals surface area contributed by atoms with Crippen molar-refractivity contribution in [2.24, 2.45) is 0 Å². The molecule has 2 heteroatoms. The van der Waals surface area contributed by atoms with Crippen molar-refractivity contribution in [3.63, 3.8) is 0 Å². The van der Waals surface area contributed by atoms with Crippen LogP contribution in [0.15, 0.2) is 24.3 Å². The Balaban J connectivity index is 2.76. The molecule has 102 valence electrons. The van der Waals surface area contributed by atoms with Crippen molar-refractivity contribution < 1.29 is 4.79 Å². The first-order valence-electron chi connectivity index (χ1n) is 6.76. The first-order chi connectivity index (χ1) is 8.88. The van der Waals surface area contributed by atoms with Gasteiger partial charge in [-0.25, -0.2) is 0 Å². The van der Waals surface area contributed by atoms with Gasteiger partial charge in [0.05, 0.1) is 6.04 Å². The summed E-state index contributed by atoms with van der Waals surface area (Å²) in [5, 5.41) is 2.87. The minimum atomic E-state index is -0.181. The predicted octanol–water partition coefficient (Wildman–Crippen LogP) is 3.52. The molecule has 1 aromatic carbocycles. The van der Waals surface area contributed by atoms with Crippen LogP contribution in [0, 0.1) is 12.3 Å². The fraction of sp³-hybridized carbons (Fsp3) is 0.471. The van der Waals surface area contributed by atoms with E-state index in [9.17, 15) is 4.79 Å². The summed E-state index contributed by atoms with van der Waals surface area (Å²) in [6.07, 6.45) is 7.17. The third kappa shape index (κ3) is 4.44. The molecular formula is C17H23NO. The zero-order valence-electron chi connectivity index (χ0n) is 12.3. The summed E-state index contributed by atoms with van der Waals surface area (Å²) >= 11 is 0. The van der Waals surface area contributed by atoms with Gasteiger partial charge < -0.3 is 5.32 Å². The normalized spacial score (nSPS) is 12.6. The quantitative estimate of drug-likeness (QED) is 0.822. The molecule has 1 rings (SSSR count). The molecule has 0 heterocycles. The highest BCUT2D eigenvalue weighted by Gasteiger charge is 2.15. The number of nitrogens with one attached hydrogen (secondary N) is 1. The van der Waals surface area contributed by atoms with Gasteiger partial charge in [0.2, 0.25) is 0 Å². The first-order valence-corrected chi connectivity index (χ1v) is 6.76. The first kappa shape index (κ1) is 15.3. The van der Waals surface area contributed by atoms with Crippen molar-refractivity contribution >= 4 is 5.91 Å². The molecule has 0 spiro atoms. The minimum absolute atomic E-state index is 0.0958. The van der Waals surface area contributed by atoms with E-state index in [4.69, 9.17) is 6.42 Å². The van der Waals surface area contributed by atoms with Crippen molar-refractivity contribution in [1.29, 1.82) is 0 Å². The van der Waals surface area contributed by atoms with E-state index in [0.717, 1.165) is 12.8 Å². The van der Waals surface area contributed by atoms with Gasteiger partial charge >= 0.3 is 0 Å². The molecule has 0 fully saturated rings. The molecule has 0 aliphatic carbocycles. The number of carbonyl (C=O) groups excluding carboxylic acids is 1. The van der Waals surface area contributed by atoms with Crippen LogP contribution in [0.1, 0.15) is 56.5 Å². The molecule has 0 aliphatic rings. The Labute approximate surface area is 116 Å². The highest BCUT2D eigenvalue weighted by Crippen LogP contribution is 2.22. The number of terminal acetylenes is 1. The monoisotopic (exact) mass is 257 g/mol. The molecule has 1 aromatic rings. The summed E-state index contributed by atoms with van der Waals surface area (Å²) in [6.45, 7) is 8.50. The van der Waals surface area contributed by atoms with Crippen LogP contribution in [0.3, 0.4) is 0 Å². The third-order valence-electron chi connectivity index (χ3n) is 3.10. The van der Waals surface area contributed by atoms with Crippen molar-refractivity contribution in [1.82, 2.24) is 5.32 Å². The lowest BCUT2D eigenvalue weighted by atomic mass is 9.86. The fourth-order valence-corrected chi connectivity index (χ4v) is 1.85. The largest absolute Gasteiger partial charge is 0.338 e. The Bertz CT molecular complexity index is 460. The molecule has 1 amide bonds. The van der Waals surface area contributed by atoms with E-state index in [1.807, 2.05) is 24.3 Å². The standard InChI is InChI=1S/C17H23NO/c1-6-8-15(7-2)18-16(19)13-9-11-14(12-10-13)17(3,4)5/h2,9-12,15H,6,8H2,1,3-5H3,(H,18,19). The number of rotatable bonds is 4. The summed E-state index contributed by atoms with van der Waals surface area (Å²) in [5.41, 5.74) is 1.97. The molecule has 2 nitrogen and oxygen atoms in total. The van der Waals surface area contributed by atoms with Crippen LogP contribution >= 0.6 is 0 Å². The van der Waals surface area contributed by atoms with Crippen molar-refractivity contribution in [3.8, 4) is 12.3 Å². The average molecular weight is 257 g/mol. The number of amides is 1. The summed E-state index contributed by atoms with van der Waals surface area (Å²) in [6, 6.07) is 7.53. The number of benzene rings is 1. The molecule has 0 radical (unpaired) electrons. The lowest BCUT2D eigenvalue weighted by molar-refractivity contribution is 0.0944. The van der Waals surface area contributed by atoms with Crippen LogP contribution in [0.2, 0.25) is 0 Å². The van der Waals surface area contributed by atoms with E-state index in [-0.39, 0.29) is 17.4 Å². The Kier molecular flexibility index (Phi) is 5.18. The molecule has 0 bridgehead atoms. The van der Waals surface area contributed by atoms with Crippen LogP contribution in [0.5, 0.6) is 0 Å². The molecule has 0 aliphatic heterocycles. The van der Waals surface area contributed by atoms with Crippen LogP contribution < -0.4 is 5.32 Å². The summed E-state index contributed by atoms with van der Waals surface area (Å²) < 4.78 is 0. The lowest BCUT2D eigenvalue weighted by Gasteiger charge is -2.19. The van der Waals surface area contributed by atoms with Gasteiger partial charge in [0.25, 0.3) is 5.91 Å². The molecule has 0 saturated heterocycles. The lowest BCUT2D eigenvalue weighted by Crippen LogP contribution is -2.33. The van der Waals surface area contributed by atoms with Crippen molar-refractivity contribution in [2.75, 3.05) is 0 Å². The van der Waals surface area contributed by atoms with Gasteiger partial charge in [0.15, 0.2) is 0 Å². The van der Waals surface area contributed by atoms with E-state index in [1.54, 1.807) is 0 Å². The molecule has 1 N–H and O–H groups in total. The highest BCUT2D eigenvalue weighted by atomic mass is 16.1. The van der Waals surface area contributed by atoms with E-state index < -0.39 is 0 Å². The molecule has 1 unspecified atom stereocenters. The van der Waals surface area contributed by atoms with Gasteiger partial charge in [-0.3, -0.25) is 4.79 Å². The molecule has 0 saturated carbocycles. The second kappa shape index (κ2) is 6.43. The Morgan fingerprint density at radius 3 is 2.32 bits per heavy atom. The topological polar surface area (TPSA) is 29.1 Å². The van der Waals surface area contributed by atoms with Gasteiger partial charge in [-0.2, -0.15) is 0 Å². The Morgan fingerprint density at radius 2 is 1.89 bits per heavy atom. The number of hydrogen-bond donors (Lipinski definition) is 1. The van der Waals surface area contributed by atoms with Crippen molar-refractivity contribution in [2.45, 2.75) is 52.0 Å². The summed E-state index contributed by atoms with van der Waals surface area (Å²) in [7, 11) is 0. The maximum absolute atomic E-state index is 12.0. The Hall–Kier alpha value is -1.75. The van der Waals surface area contributed by atoms with Crippen LogP contribution in [0.4, 0.5) is 0 Å². The zero-order chi connectivity index (χ0) is 14.5. The summed E-state index contributed by atoms with van der Waals surface area (Å²) in [4.78, 5) is 12.0. The SMILES string of the molecule is C#CC(CCC)NC(=O)c1ccc(C(C)(C)C)cc1. The number of hydrogen-bond acceptors (Lipinski definition) is 1. The predicted molar refractivity (Wildman–Crippen MR) is 80.1 cm³/mol.